The number of carbonyl (C=O) groups is 2. The molecule has 1 heterocycles. The van der Waals surface area contributed by atoms with Crippen molar-refractivity contribution in [3.05, 3.63) is 27.2 Å². The molecule has 1 rings (SSSR count). The van der Waals surface area contributed by atoms with E-state index in [1.807, 2.05) is 0 Å². The number of nitrogens with one attached hydrogen (secondary N) is 1. The van der Waals surface area contributed by atoms with Gasteiger partial charge in [-0.15, -0.1) is 0 Å². The summed E-state index contributed by atoms with van der Waals surface area (Å²) >= 11 is 0. The Hall–Kier alpha value is -2.18. The van der Waals surface area contributed by atoms with Gasteiger partial charge >= 0.3 is 5.97 Å². The van der Waals surface area contributed by atoms with Crippen LogP contribution in [0.25, 0.3) is 0 Å². The Morgan fingerprint density at radius 3 is 2.50 bits per heavy atom. The summed E-state index contributed by atoms with van der Waals surface area (Å²) in [6.45, 7) is 7.00. The number of hydrogen-bond donors (Lipinski definition) is 2. The average molecular weight is 281 g/mol. The number of rotatable bonds is 5. The first kappa shape index (κ1) is 15.9. The molecule has 0 bridgehead atoms. The number of carbonyl (C=O) groups excluding carboxylic acids is 1. The van der Waals surface area contributed by atoms with Crippen molar-refractivity contribution in [1.29, 1.82) is 0 Å². The number of H-pyrrole nitrogens is 1. The van der Waals surface area contributed by atoms with Gasteiger partial charge in [0.1, 0.15) is 5.56 Å². The van der Waals surface area contributed by atoms with Gasteiger partial charge in [0.05, 0.1) is 11.6 Å². The van der Waals surface area contributed by atoms with E-state index in [9.17, 15) is 14.4 Å². The summed E-state index contributed by atoms with van der Waals surface area (Å²) in [6.07, 6.45) is 0. The van der Waals surface area contributed by atoms with Crippen molar-refractivity contribution in [2.24, 2.45) is 5.92 Å². The SMILES string of the molecule is CCN(CC(C)C(=O)O)C(=O)c1c(C)c(C)n[nH]c1=O. The van der Waals surface area contributed by atoms with E-state index in [1.54, 1.807) is 20.8 Å². The van der Waals surface area contributed by atoms with Crippen LogP contribution in [-0.4, -0.2) is 45.2 Å². The summed E-state index contributed by atoms with van der Waals surface area (Å²) in [5.41, 5.74) is 0.548. The van der Waals surface area contributed by atoms with Crippen molar-refractivity contribution in [2.45, 2.75) is 27.7 Å². The van der Waals surface area contributed by atoms with Gasteiger partial charge in [-0.25, -0.2) is 5.10 Å². The monoisotopic (exact) mass is 281 g/mol. The third-order valence-electron chi connectivity index (χ3n) is 3.27. The van der Waals surface area contributed by atoms with E-state index in [-0.39, 0.29) is 12.1 Å². The Bertz CT molecular complexity index is 579. The van der Waals surface area contributed by atoms with E-state index < -0.39 is 23.4 Å². The number of carboxylic acid groups (broad SMARTS) is 1. The Labute approximate surface area is 116 Å². The van der Waals surface area contributed by atoms with Gasteiger partial charge in [-0.05, 0) is 26.3 Å². The van der Waals surface area contributed by atoms with Crippen LogP contribution in [0.3, 0.4) is 0 Å². The Morgan fingerprint density at radius 2 is 2.00 bits per heavy atom. The molecule has 1 aromatic heterocycles. The Morgan fingerprint density at radius 1 is 1.40 bits per heavy atom. The molecule has 0 spiro atoms. The highest BCUT2D eigenvalue weighted by atomic mass is 16.4. The summed E-state index contributed by atoms with van der Waals surface area (Å²) in [5, 5.41) is 15.0. The molecule has 1 amide bonds. The van der Waals surface area contributed by atoms with E-state index in [2.05, 4.69) is 10.2 Å². The number of carboxylic acids is 1. The summed E-state index contributed by atoms with van der Waals surface area (Å²) in [7, 11) is 0. The van der Waals surface area contributed by atoms with E-state index >= 15 is 0 Å². The van der Waals surface area contributed by atoms with E-state index in [0.29, 0.717) is 17.8 Å². The van der Waals surface area contributed by atoms with Gasteiger partial charge in [0, 0.05) is 13.1 Å². The summed E-state index contributed by atoms with van der Waals surface area (Å²) < 4.78 is 0. The van der Waals surface area contributed by atoms with Crippen molar-refractivity contribution in [1.82, 2.24) is 15.1 Å². The zero-order chi connectivity index (χ0) is 15.4. The molecule has 1 atom stereocenters. The second kappa shape index (κ2) is 6.31. The average Bonchev–Trinajstić information content (AvgIpc) is 2.40. The number of aromatic nitrogens is 2. The Kier molecular flexibility index (Phi) is 5.01. The number of aromatic amines is 1. The molecule has 0 aliphatic rings. The van der Waals surface area contributed by atoms with Gasteiger partial charge in [-0.3, -0.25) is 14.4 Å². The highest BCUT2D eigenvalue weighted by Crippen LogP contribution is 2.10. The zero-order valence-corrected chi connectivity index (χ0v) is 12.1. The molecule has 7 heteroatoms. The van der Waals surface area contributed by atoms with Crippen LogP contribution < -0.4 is 5.56 Å². The zero-order valence-electron chi connectivity index (χ0n) is 12.1. The van der Waals surface area contributed by atoms with Gasteiger partial charge < -0.3 is 10.0 Å². The summed E-state index contributed by atoms with van der Waals surface area (Å²) in [4.78, 5) is 36.4. The minimum atomic E-state index is -0.979. The minimum Gasteiger partial charge on any atom is -0.481 e. The van der Waals surface area contributed by atoms with Crippen LogP contribution in [0.15, 0.2) is 4.79 Å². The van der Waals surface area contributed by atoms with E-state index in [1.165, 1.54) is 11.8 Å². The molecule has 7 nitrogen and oxygen atoms in total. The lowest BCUT2D eigenvalue weighted by Gasteiger charge is -2.23. The first-order valence-electron chi connectivity index (χ1n) is 6.37. The van der Waals surface area contributed by atoms with Gasteiger partial charge in [0.25, 0.3) is 11.5 Å². The Balaban J connectivity index is 3.13. The first-order chi connectivity index (χ1) is 9.29. The third-order valence-corrected chi connectivity index (χ3v) is 3.27. The number of nitrogens with zero attached hydrogens (tertiary/aromatic N) is 2. The fourth-order valence-corrected chi connectivity index (χ4v) is 1.81. The molecule has 2 N–H and O–H groups in total. The van der Waals surface area contributed by atoms with Crippen LogP contribution >= 0.6 is 0 Å². The van der Waals surface area contributed by atoms with Gasteiger partial charge in [-0.2, -0.15) is 5.10 Å². The van der Waals surface area contributed by atoms with Crippen LogP contribution in [0.4, 0.5) is 0 Å². The lowest BCUT2D eigenvalue weighted by molar-refractivity contribution is -0.141. The number of aryl methyl sites for hydroxylation is 1. The lowest BCUT2D eigenvalue weighted by Crippen LogP contribution is -2.40. The predicted molar refractivity (Wildman–Crippen MR) is 72.7 cm³/mol. The molecular formula is C13H19N3O4. The molecule has 0 aromatic carbocycles. The molecule has 110 valence electrons. The topological polar surface area (TPSA) is 103 Å². The highest BCUT2D eigenvalue weighted by Gasteiger charge is 2.24. The molecule has 0 aliphatic carbocycles. The number of hydrogen-bond acceptors (Lipinski definition) is 4. The fraction of sp³-hybridized carbons (Fsp3) is 0.538. The predicted octanol–water partition coefficient (Wildman–Crippen LogP) is 0.570. The van der Waals surface area contributed by atoms with E-state index in [0.717, 1.165) is 0 Å². The summed E-state index contributed by atoms with van der Waals surface area (Å²) in [6, 6.07) is 0. The maximum Gasteiger partial charge on any atom is 0.308 e. The third kappa shape index (κ3) is 3.23. The van der Waals surface area contributed by atoms with Crippen LogP contribution in [0.1, 0.15) is 35.5 Å². The fourth-order valence-electron chi connectivity index (χ4n) is 1.81. The van der Waals surface area contributed by atoms with Crippen molar-refractivity contribution >= 4 is 11.9 Å². The number of aliphatic carboxylic acids is 1. The van der Waals surface area contributed by atoms with Gasteiger partial charge in [0.15, 0.2) is 0 Å². The summed E-state index contributed by atoms with van der Waals surface area (Å²) in [5.74, 6) is -2.14. The standard InChI is InChI=1S/C13H19N3O4/c1-5-16(6-7(2)13(19)20)12(18)10-8(3)9(4)14-15-11(10)17/h7H,5-6H2,1-4H3,(H,15,17)(H,19,20). The first-order valence-corrected chi connectivity index (χ1v) is 6.37. The maximum absolute atomic E-state index is 12.4. The lowest BCUT2D eigenvalue weighted by atomic mass is 10.1. The smallest absolute Gasteiger partial charge is 0.308 e. The molecule has 0 aliphatic heterocycles. The van der Waals surface area contributed by atoms with Crippen molar-refractivity contribution in [3.63, 3.8) is 0 Å². The molecule has 20 heavy (non-hydrogen) atoms. The number of amides is 1. The molecule has 0 fully saturated rings. The van der Waals surface area contributed by atoms with Gasteiger partial charge in [0.2, 0.25) is 0 Å². The van der Waals surface area contributed by atoms with Crippen LogP contribution in [0, 0.1) is 19.8 Å². The second-order valence-electron chi connectivity index (χ2n) is 4.72. The molecule has 1 aromatic rings. The molecule has 1 unspecified atom stereocenters. The van der Waals surface area contributed by atoms with Crippen molar-refractivity contribution < 1.29 is 14.7 Å². The second-order valence-corrected chi connectivity index (χ2v) is 4.72. The minimum absolute atomic E-state index is 0.0249. The molecule has 0 saturated carbocycles. The van der Waals surface area contributed by atoms with Crippen molar-refractivity contribution in [3.8, 4) is 0 Å². The quantitative estimate of drug-likeness (QED) is 0.821. The van der Waals surface area contributed by atoms with E-state index in [4.69, 9.17) is 5.11 Å². The van der Waals surface area contributed by atoms with Crippen LogP contribution in [-0.2, 0) is 4.79 Å². The molecule has 0 saturated heterocycles. The van der Waals surface area contributed by atoms with Gasteiger partial charge in [-0.1, -0.05) is 6.92 Å². The largest absolute Gasteiger partial charge is 0.481 e. The molecular weight excluding hydrogens is 262 g/mol. The normalized spacial score (nSPS) is 12.0. The molecule has 0 radical (unpaired) electrons. The van der Waals surface area contributed by atoms with Crippen LogP contribution in [0.2, 0.25) is 0 Å². The van der Waals surface area contributed by atoms with Crippen molar-refractivity contribution in [2.75, 3.05) is 13.1 Å². The highest BCUT2D eigenvalue weighted by molar-refractivity contribution is 5.95. The van der Waals surface area contributed by atoms with Crippen LogP contribution in [0.5, 0.6) is 0 Å². The maximum atomic E-state index is 12.4.